The fourth-order valence-electron chi connectivity index (χ4n) is 0.967. The summed E-state index contributed by atoms with van der Waals surface area (Å²) in [5.74, 6) is 1.02. The summed E-state index contributed by atoms with van der Waals surface area (Å²) in [7, 11) is 0. The minimum Gasteiger partial charge on any atom is -0.411 e. The monoisotopic (exact) mass is 196 g/mol. The number of rotatable bonds is 3. The molecule has 0 aliphatic rings. The van der Waals surface area contributed by atoms with Crippen molar-refractivity contribution < 1.29 is 5.21 Å². The molecule has 0 saturated heterocycles. The molecule has 70 valence electrons. The van der Waals surface area contributed by atoms with E-state index >= 15 is 0 Å². The molecule has 0 fully saturated rings. The molecule has 1 N–H and O–H groups in total. The zero-order chi connectivity index (χ0) is 9.68. The highest BCUT2D eigenvalue weighted by atomic mass is 32.2. The lowest BCUT2D eigenvalue weighted by Crippen LogP contribution is -1.90. The molecule has 1 aromatic rings. The van der Waals surface area contributed by atoms with E-state index in [4.69, 9.17) is 5.21 Å². The Balaban J connectivity index is 2.96. The Bertz CT molecular complexity index is 312. The highest BCUT2D eigenvalue weighted by molar-refractivity contribution is 7.99. The van der Waals surface area contributed by atoms with Crippen molar-refractivity contribution in [1.82, 2.24) is 4.98 Å². The van der Waals surface area contributed by atoms with E-state index < -0.39 is 0 Å². The quantitative estimate of drug-likeness (QED) is 0.349. The van der Waals surface area contributed by atoms with Crippen LogP contribution in [0.15, 0.2) is 22.3 Å². The van der Waals surface area contributed by atoms with E-state index in [0.717, 1.165) is 21.9 Å². The van der Waals surface area contributed by atoms with Crippen molar-refractivity contribution >= 4 is 18.0 Å². The standard InChI is InChI=1S/C9H12N2OS/c1-3-13-9-4-8(6-11-12)5-10-7(9)2/h4-6,12H,3H2,1-2H3/b11-6+. The van der Waals surface area contributed by atoms with Crippen molar-refractivity contribution in [3.8, 4) is 0 Å². The third kappa shape index (κ3) is 2.73. The normalized spacial score (nSPS) is 10.9. The lowest BCUT2D eigenvalue weighted by molar-refractivity contribution is 0.322. The van der Waals surface area contributed by atoms with E-state index in [-0.39, 0.29) is 0 Å². The molecule has 0 aliphatic heterocycles. The molecule has 1 rings (SSSR count). The first-order valence-corrected chi connectivity index (χ1v) is 5.03. The van der Waals surface area contributed by atoms with Gasteiger partial charge in [-0.25, -0.2) is 0 Å². The Hall–Kier alpha value is -1.03. The second kappa shape index (κ2) is 4.87. The predicted octanol–water partition coefficient (Wildman–Crippen LogP) is 2.31. The van der Waals surface area contributed by atoms with Crippen LogP contribution in [0.4, 0.5) is 0 Å². The molecular formula is C9H12N2OS. The van der Waals surface area contributed by atoms with Gasteiger partial charge >= 0.3 is 0 Å². The van der Waals surface area contributed by atoms with Crippen LogP contribution in [0.5, 0.6) is 0 Å². The molecule has 0 bridgehead atoms. The van der Waals surface area contributed by atoms with E-state index in [1.165, 1.54) is 6.21 Å². The molecule has 0 saturated carbocycles. The zero-order valence-corrected chi connectivity index (χ0v) is 8.51. The van der Waals surface area contributed by atoms with Gasteiger partial charge in [0.15, 0.2) is 0 Å². The third-order valence-electron chi connectivity index (χ3n) is 1.57. The van der Waals surface area contributed by atoms with Crippen molar-refractivity contribution in [2.24, 2.45) is 5.16 Å². The molecule has 0 spiro atoms. The van der Waals surface area contributed by atoms with Gasteiger partial charge in [-0.3, -0.25) is 4.98 Å². The number of thioether (sulfide) groups is 1. The van der Waals surface area contributed by atoms with Gasteiger partial charge in [0, 0.05) is 16.7 Å². The van der Waals surface area contributed by atoms with Gasteiger partial charge < -0.3 is 5.21 Å². The summed E-state index contributed by atoms with van der Waals surface area (Å²) in [5, 5.41) is 11.3. The number of oxime groups is 1. The molecule has 0 unspecified atom stereocenters. The Morgan fingerprint density at radius 2 is 2.46 bits per heavy atom. The molecule has 4 heteroatoms. The van der Waals surface area contributed by atoms with Gasteiger partial charge in [0.05, 0.1) is 11.9 Å². The average Bonchev–Trinajstić information content (AvgIpc) is 2.12. The number of hydrogen-bond donors (Lipinski definition) is 1. The lowest BCUT2D eigenvalue weighted by atomic mass is 10.3. The second-order valence-corrected chi connectivity index (χ2v) is 3.84. The summed E-state index contributed by atoms with van der Waals surface area (Å²) in [5.41, 5.74) is 1.84. The van der Waals surface area contributed by atoms with E-state index in [1.807, 2.05) is 13.0 Å². The molecule has 1 heterocycles. The summed E-state index contributed by atoms with van der Waals surface area (Å²) >= 11 is 1.74. The number of hydrogen-bond acceptors (Lipinski definition) is 4. The van der Waals surface area contributed by atoms with Crippen LogP contribution >= 0.6 is 11.8 Å². The highest BCUT2D eigenvalue weighted by Gasteiger charge is 1.99. The number of aromatic nitrogens is 1. The molecule has 0 radical (unpaired) electrons. The maximum Gasteiger partial charge on any atom is 0.0749 e. The zero-order valence-electron chi connectivity index (χ0n) is 7.69. The second-order valence-electron chi connectivity index (χ2n) is 2.53. The van der Waals surface area contributed by atoms with Gasteiger partial charge in [-0.15, -0.1) is 11.8 Å². The van der Waals surface area contributed by atoms with Crippen molar-refractivity contribution in [2.75, 3.05) is 5.75 Å². The van der Waals surface area contributed by atoms with Crippen LogP contribution in [0.3, 0.4) is 0 Å². The fourth-order valence-corrected chi connectivity index (χ4v) is 1.76. The summed E-state index contributed by atoms with van der Waals surface area (Å²) in [6.45, 7) is 4.06. The highest BCUT2D eigenvalue weighted by Crippen LogP contribution is 2.20. The van der Waals surface area contributed by atoms with Gasteiger partial charge in [0.25, 0.3) is 0 Å². The Kier molecular flexibility index (Phi) is 3.76. The van der Waals surface area contributed by atoms with E-state index in [2.05, 4.69) is 17.1 Å². The summed E-state index contributed by atoms with van der Waals surface area (Å²) in [4.78, 5) is 5.33. The maximum atomic E-state index is 8.34. The van der Waals surface area contributed by atoms with Gasteiger partial charge in [0.1, 0.15) is 0 Å². The van der Waals surface area contributed by atoms with Crippen molar-refractivity contribution in [3.63, 3.8) is 0 Å². The predicted molar refractivity (Wildman–Crippen MR) is 54.8 cm³/mol. The molecule has 0 aromatic carbocycles. The third-order valence-corrected chi connectivity index (χ3v) is 2.58. The van der Waals surface area contributed by atoms with Crippen LogP contribution in [0, 0.1) is 6.92 Å². The molecule has 0 atom stereocenters. The van der Waals surface area contributed by atoms with Crippen molar-refractivity contribution in [2.45, 2.75) is 18.7 Å². The van der Waals surface area contributed by atoms with E-state index in [0.29, 0.717) is 0 Å². The fraction of sp³-hybridized carbons (Fsp3) is 0.333. The molecule has 13 heavy (non-hydrogen) atoms. The largest absolute Gasteiger partial charge is 0.411 e. The Labute approximate surface area is 81.9 Å². The summed E-state index contributed by atoms with van der Waals surface area (Å²) < 4.78 is 0. The van der Waals surface area contributed by atoms with Gasteiger partial charge in [0.2, 0.25) is 0 Å². The summed E-state index contributed by atoms with van der Waals surface area (Å²) in [6.07, 6.45) is 3.07. The minimum atomic E-state index is 0.823. The first kappa shape index (κ1) is 10.1. The molecule has 0 amide bonds. The summed E-state index contributed by atoms with van der Waals surface area (Å²) in [6, 6.07) is 1.97. The minimum absolute atomic E-state index is 0.823. The van der Waals surface area contributed by atoms with Crippen LogP contribution in [-0.2, 0) is 0 Å². The Morgan fingerprint density at radius 1 is 1.69 bits per heavy atom. The van der Waals surface area contributed by atoms with E-state index in [9.17, 15) is 0 Å². The van der Waals surface area contributed by atoms with Crippen molar-refractivity contribution in [1.29, 1.82) is 0 Å². The van der Waals surface area contributed by atoms with Gasteiger partial charge in [-0.05, 0) is 18.7 Å². The van der Waals surface area contributed by atoms with Crippen molar-refractivity contribution in [3.05, 3.63) is 23.5 Å². The topological polar surface area (TPSA) is 45.5 Å². The number of pyridine rings is 1. The number of aryl methyl sites for hydroxylation is 1. The van der Waals surface area contributed by atoms with Crippen LogP contribution in [-0.4, -0.2) is 22.2 Å². The lowest BCUT2D eigenvalue weighted by Gasteiger charge is -2.02. The smallest absolute Gasteiger partial charge is 0.0749 e. The van der Waals surface area contributed by atoms with Gasteiger partial charge in [-0.1, -0.05) is 12.1 Å². The first-order chi connectivity index (χ1) is 6.27. The Morgan fingerprint density at radius 3 is 3.08 bits per heavy atom. The molecular weight excluding hydrogens is 184 g/mol. The van der Waals surface area contributed by atoms with Gasteiger partial charge in [-0.2, -0.15) is 0 Å². The van der Waals surface area contributed by atoms with Crippen LogP contribution in [0.2, 0.25) is 0 Å². The number of nitrogens with zero attached hydrogens (tertiary/aromatic N) is 2. The van der Waals surface area contributed by atoms with Crippen LogP contribution < -0.4 is 0 Å². The van der Waals surface area contributed by atoms with Crippen LogP contribution in [0.25, 0.3) is 0 Å². The average molecular weight is 196 g/mol. The molecule has 0 aliphatic carbocycles. The van der Waals surface area contributed by atoms with E-state index in [1.54, 1.807) is 18.0 Å². The molecule has 3 nitrogen and oxygen atoms in total. The van der Waals surface area contributed by atoms with Crippen LogP contribution in [0.1, 0.15) is 18.2 Å². The SMILES string of the molecule is CCSc1cc(/C=N/O)cnc1C. The maximum absolute atomic E-state index is 8.34. The first-order valence-electron chi connectivity index (χ1n) is 4.04. The molecule has 1 aromatic heterocycles.